The number of carbonyl (C=O) groups excluding carboxylic acids is 1. The van der Waals surface area contributed by atoms with E-state index in [1.807, 2.05) is 42.5 Å². The predicted molar refractivity (Wildman–Crippen MR) is 116 cm³/mol. The SMILES string of the molecule is COc1cc(NC(=O)CSc2nnnn2-c2cccc3ccccc23)cc(OC)c1. The Morgan fingerprint density at radius 3 is 2.53 bits per heavy atom. The highest BCUT2D eigenvalue weighted by atomic mass is 32.2. The van der Waals surface area contributed by atoms with E-state index in [1.54, 1.807) is 37.1 Å². The zero-order chi connectivity index (χ0) is 20.9. The first kappa shape index (κ1) is 19.7. The monoisotopic (exact) mass is 421 g/mol. The van der Waals surface area contributed by atoms with Gasteiger partial charge in [0.05, 0.1) is 25.7 Å². The Kier molecular flexibility index (Phi) is 5.80. The molecule has 0 aliphatic rings. The lowest BCUT2D eigenvalue weighted by molar-refractivity contribution is -0.113. The van der Waals surface area contributed by atoms with E-state index >= 15 is 0 Å². The summed E-state index contributed by atoms with van der Waals surface area (Å²) in [6, 6.07) is 19.1. The molecule has 8 nitrogen and oxygen atoms in total. The third kappa shape index (κ3) is 4.20. The van der Waals surface area contributed by atoms with Crippen LogP contribution >= 0.6 is 11.8 Å². The average molecular weight is 421 g/mol. The van der Waals surface area contributed by atoms with Gasteiger partial charge in [0.15, 0.2) is 0 Å². The number of nitrogens with one attached hydrogen (secondary N) is 1. The van der Waals surface area contributed by atoms with E-state index in [2.05, 4.69) is 20.8 Å². The number of thioether (sulfide) groups is 1. The van der Waals surface area contributed by atoms with Crippen molar-refractivity contribution < 1.29 is 14.3 Å². The average Bonchev–Trinajstić information content (AvgIpc) is 3.25. The summed E-state index contributed by atoms with van der Waals surface area (Å²) < 4.78 is 12.1. The first-order valence-corrected chi connectivity index (χ1v) is 10.1. The molecule has 0 radical (unpaired) electrons. The van der Waals surface area contributed by atoms with Crippen LogP contribution in [0.5, 0.6) is 11.5 Å². The van der Waals surface area contributed by atoms with Gasteiger partial charge in [-0.25, -0.2) is 0 Å². The van der Waals surface area contributed by atoms with E-state index in [1.165, 1.54) is 11.8 Å². The summed E-state index contributed by atoms with van der Waals surface area (Å²) in [5, 5.41) is 17.5. The summed E-state index contributed by atoms with van der Waals surface area (Å²) in [6.07, 6.45) is 0. The van der Waals surface area contributed by atoms with E-state index in [0.717, 1.165) is 16.5 Å². The summed E-state index contributed by atoms with van der Waals surface area (Å²) in [6.45, 7) is 0. The van der Waals surface area contributed by atoms with Gasteiger partial charge in [-0.2, -0.15) is 4.68 Å². The molecule has 0 atom stereocenters. The molecule has 0 saturated carbocycles. The number of anilines is 1. The summed E-state index contributed by atoms with van der Waals surface area (Å²) in [5.74, 6) is 1.14. The van der Waals surface area contributed by atoms with E-state index in [-0.39, 0.29) is 11.7 Å². The predicted octanol–water partition coefficient (Wildman–Crippen LogP) is 3.56. The van der Waals surface area contributed by atoms with Gasteiger partial charge in [0.1, 0.15) is 11.5 Å². The molecule has 0 spiro atoms. The number of rotatable bonds is 7. The van der Waals surface area contributed by atoms with Gasteiger partial charge in [0.25, 0.3) is 0 Å². The maximum atomic E-state index is 12.5. The van der Waals surface area contributed by atoms with Crippen LogP contribution in [0.3, 0.4) is 0 Å². The molecule has 30 heavy (non-hydrogen) atoms. The highest BCUT2D eigenvalue weighted by molar-refractivity contribution is 7.99. The number of tetrazole rings is 1. The second kappa shape index (κ2) is 8.83. The Morgan fingerprint density at radius 1 is 1.03 bits per heavy atom. The first-order valence-electron chi connectivity index (χ1n) is 9.10. The number of aromatic nitrogens is 4. The lowest BCUT2D eigenvalue weighted by Gasteiger charge is -2.10. The fraction of sp³-hybridized carbons (Fsp3) is 0.143. The standard InChI is InChI=1S/C21H19N5O3S/c1-28-16-10-15(11-17(12-16)29-2)22-20(27)13-30-21-23-24-25-26(21)19-9-5-7-14-6-3-4-8-18(14)19/h3-12H,13H2,1-2H3,(H,22,27). The van der Waals surface area contributed by atoms with Crippen molar-refractivity contribution in [1.29, 1.82) is 0 Å². The summed E-state index contributed by atoms with van der Waals surface area (Å²) in [4.78, 5) is 12.5. The van der Waals surface area contributed by atoms with Gasteiger partial charge in [-0.3, -0.25) is 4.79 Å². The fourth-order valence-corrected chi connectivity index (χ4v) is 3.70. The fourth-order valence-electron chi connectivity index (χ4n) is 3.02. The highest BCUT2D eigenvalue weighted by Gasteiger charge is 2.14. The van der Waals surface area contributed by atoms with Crippen LogP contribution in [-0.2, 0) is 4.79 Å². The smallest absolute Gasteiger partial charge is 0.234 e. The molecule has 0 aliphatic heterocycles. The Labute approximate surface area is 177 Å². The Hall–Kier alpha value is -3.59. The molecule has 3 aromatic carbocycles. The maximum absolute atomic E-state index is 12.5. The minimum atomic E-state index is -0.192. The second-order valence-electron chi connectivity index (χ2n) is 6.31. The molecule has 0 fully saturated rings. The second-order valence-corrected chi connectivity index (χ2v) is 7.25. The van der Waals surface area contributed by atoms with Crippen molar-refractivity contribution in [3.05, 3.63) is 60.7 Å². The van der Waals surface area contributed by atoms with Crippen molar-refractivity contribution in [2.45, 2.75) is 5.16 Å². The molecule has 1 aromatic heterocycles. The van der Waals surface area contributed by atoms with Gasteiger partial charge in [0, 0.05) is 29.3 Å². The van der Waals surface area contributed by atoms with E-state index in [9.17, 15) is 4.79 Å². The number of ether oxygens (including phenoxy) is 2. The molecule has 4 rings (SSSR count). The zero-order valence-electron chi connectivity index (χ0n) is 16.4. The number of methoxy groups -OCH3 is 2. The van der Waals surface area contributed by atoms with Gasteiger partial charge in [-0.05, 0) is 21.9 Å². The first-order chi connectivity index (χ1) is 14.7. The molecule has 0 aliphatic carbocycles. The Bertz CT molecular complexity index is 1170. The molecule has 0 unspecified atom stereocenters. The summed E-state index contributed by atoms with van der Waals surface area (Å²) >= 11 is 1.26. The minimum Gasteiger partial charge on any atom is -0.497 e. The van der Waals surface area contributed by atoms with Gasteiger partial charge >= 0.3 is 0 Å². The third-order valence-corrected chi connectivity index (χ3v) is 5.32. The molecular formula is C21H19N5O3S. The van der Waals surface area contributed by atoms with Crippen LogP contribution in [0.1, 0.15) is 0 Å². The van der Waals surface area contributed by atoms with Gasteiger partial charge in [-0.1, -0.05) is 48.2 Å². The molecule has 1 N–H and O–H groups in total. The van der Waals surface area contributed by atoms with Crippen LogP contribution in [0.2, 0.25) is 0 Å². The minimum absolute atomic E-state index is 0.144. The molecule has 0 saturated heterocycles. The van der Waals surface area contributed by atoms with Gasteiger partial charge in [0.2, 0.25) is 11.1 Å². The number of benzene rings is 3. The molecule has 0 bridgehead atoms. The van der Waals surface area contributed by atoms with Crippen LogP contribution in [-0.4, -0.2) is 46.1 Å². The lowest BCUT2D eigenvalue weighted by Crippen LogP contribution is -2.14. The summed E-state index contributed by atoms with van der Waals surface area (Å²) in [7, 11) is 3.12. The molecule has 152 valence electrons. The number of hydrogen-bond acceptors (Lipinski definition) is 7. The van der Waals surface area contributed by atoms with Crippen molar-refractivity contribution >= 4 is 34.1 Å². The number of nitrogens with zero attached hydrogens (tertiary/aromatic N) is 4. The van der Waals surface area contributed by atoms with Crippen LogP contribution < -0.4 is 14.8 Å². The quantitative estimate of drug-likeness (QED) is 0.456. The topological polar surface area (TPSA) is 91.2 Å². The number of amides is 1. The lowest BCUT2D eigenvalue weighted by atomic mass is 10.1. The Balaban J connectivity index is 1.49. The third-order valence-electron chi connectivity index (χ3n) is 4.40. The van der Waals surface area contributed by atoms with Crippen molar-refractivity contribution in [3.8, 4) is 17.2 Å². The zero-order valence-corrected chi connectivity index (χ0v) is 17.2. The maximum Gasteiger partial charge on any atom is 0.234 e. The molecule has 4 aromatic rings. The largest absolute Gasteiger partial charge is 0.497 e. The Morgan fingerprint density at radius 2 is 1.77 bits per heavy atom. The number of carbonyl (C=O) groups is 1. The number of hydrogen-bond donors (Lipinski definition) is 1. The molecule has 1 heterocycles. The van der Waals surface area contributed by atoms with Crippen LogP contribution in [0.25, 0.3) is 16.5 Å². The van der Waals surface area contributed by atoms with Crippen molar-refractivity contribution in [2.75, 3.05) is 25.3 Å². The summed E-state index contributed by atoms with van der Waals surface area (Å²) in [5.41, 5.74) is 1.45. The highest BCUT2D eigenvalue weighted by Crippen LogP contribution is 2.27. The van der Waals surface area contributed by atoms with Crippen molar-refractivity contribution in [1.82, 2.24) is 20.2 Å². The van der Waals surface area contributed by atoms with Crippen molar-refractivity contribution in [2.24, 2.45) is 0 Å². The van der Waals surface area contributed by atoms with Gasteiger partial charge < -0.3 is 14.8 Å². The van der Waals surface area contributed by atoms with Crippen LogP contribution in [0.4, 0.5) is 5.69 Å². The molecule has 9 heteroatoms. The molecular weight excluding hydrogens is 402 g/mol. The van der Waals surface area contributed by atoms with Gasteiger partial charge in [-0.15, -0.1) is 5.10 Å². The molecule has 1 amide bonds. The van der Waals surface area contributed by atoms with E-state index in [4.69, 9.17) is 9.47 Å². The van der Waals surface area contributed by atoms with Crippen molar-refractivity contribution in [3.63, 3.8) is 0 Å². The normalized spacial score (nSPS) is 10.7. The van der Waals surface area contributed by atoms with Crippen LogP contribution in [0.15, 0.2) is 65.8 Å². The number of fused-ring (bicyclic) bond motifs is 1. The van der Waals surface area contributed by atoms with E-state index < -0.39 is 0 Å². The van der Waals surface area contributed by atoms with Crippen LogP contribution in [0, 0.1) is 0 Å². The van der Waals surface area contributed by atoms with E-state index in [0.29, 0.717) is 22.3 Å².